The number of carbonyl (C=O) groups excluding carboxylic acids is 1. The predicted molar refractivity (Wildman–Crippen MR) is 121 cm³/mol. The van der Waals surface area contributed by atoms with Crippen LogP contribution in [0.1, 0.15) is 21.5 Å². The summed E-state index contributed by atoms with van der Waals surface area (Å²) in [6.45, 7) is 5.18. The molecule has 3 aromatic carbocycles. The SMILES string of the molecule is C=C(CN1Cc2c(-c3ccc4cnn(C)c4c3)ccc(N)c2C1=O)c1ccccc1. The molecule has 1 aliphatic rings. The van der Waals surface area contributed by atoms with E-state index in [4.69, 9.17) is 5.73 Å². The number of hydrogen-bond donors (Lipinski definition) is 1. The highest BCUT2D eigenvalue weighted by molar-refractivity contribution is 6.06. The van der Waals surface area contributed by atoms with Gasteiger partial charge in [-0.3, -0.25) is 9.48 Å². The lowest BCUT2D eigenvalue weighted by atomic mass is 9.95. The van der Waals surface area contributed by atoms with Crippen molar-refractivity contribution < 1.29 is 4.79 Å². The van der Waals surface area contributed by atoms with E-state index < -0.39 is 0 Å². The van der Waals surface area contributed by atoms with Gasteiger partial charge in [-0.25, -0.2) is 0 Å². The average Bonchev–Trinajstić information content (AvgIpc) is 3.29. The molecule has 1 aromatic heterocycles. The molecular weight excluding hydrogens is 372 g/mol. The van der Waals surface area contributed by atoms with Gasteiger partial charge in [0.15, 0.2) is 0 Å². The highest BCUT2D eigenvalue weighted by atomic mass is 16.2. The summed E-state index contributed by atoms with van der Waals surface area (Å²) in [4.78, 5) is 15.0. The van der Waals surface area contributed by atoms with Gasteiger partial charge in [0.05, 0.1) is 17.3 Å². The number of aromatic nitrogens is 2. The normalized spacial score (nSPS) is 13.1. The molecule has 0 unspecified atom stereocenters. The minimum Gasteiger partial charge on any atom is -0.398 e. The largest absolute Gasteiger partial charge is 0.398 e. The first-order valence-corrected chi connectivity index (χ1v) is 9.89. The van der Waals surface area contributed by atoms with Crippen molar-refractivity contribution >= 4 is 28.1 Å². The summed E-state index contributed by atoms with van der Waals surface area (Å²) in [5.74, 6) is -0.0388. The fraction of sp³-hybridized carbons (Fsp3) is 0.120. The summed E-state index contributed by atoms with van der Waals surface area (Å²) < 4.78 is 1.86. The van der Waals surface area contributed by atoms with E-state index in [0.717, 1.165) is 38.7 Å². The van der Waals surface area contributed by atoms with E-state index in [9.17, 15) is 4.79 Å². The molecule has 1 aliphatic heterocycles. The highest BCUT2D eigenvalue weighted by Crippen LogP contribution is 2.37. The Morgan fingerprint density at radius 3 is 2.73 bits per heavy atom. The molecular formula is C25H22N4O. The molecule has 148 valence electrons. The third-order valence-electron chi connectivity index (χ3n) is 5.82. The first-order chi connectivity index (χ1) is 14.5. The van der Waals surface area contributed by atoms with Crippen LogP contribution >= 0.6 is 0 Å². The minimum absolute atomic E-state index is 0.0388. The number of nitrogens with two attached hydrogens (primary N) is 1. The summed E-state index contributed by atoms with van der Waals surface area (Å²) in [5, 5.41) is 5.42. The molecule has 5 nitrogen and oxygen atoms in total. The molecule has 2 N–H and O–H groups in total. The lowest BCUT2D eigenvalue weighted by Gasteiger charge is -2.17. The first-order valence-electron chi connectivity index (χ1n) is 9.89. The molecule has 30 heavy (non-hydrogen) atoms. The van der Waals surface area contributed by atoms with Crippen molar-refractivity contribution in [2.45, 2.75) is 6.54 Å². The van der Waals surface area contributed by atoms with E-state index in [2.05, 4.69) is 29.9 Å². The van der Waals surface area contributed by atoms with Gasteiger partial charge in [-0.05, 0) is 40.0 Å². The third kappa shape index (κ3) is 2.87. The van der Waals surface area contributed by atoms with Gasteiger partial charge in [-0.2, -0.15) is 5.10 Å². The van der Waals surface area contributed by atoms with Gasteiger partial charge in [0.1, 0.15) is 0 Å². The van der Waals surface area contributed by atoms with Crippen LogP contribution in [0.3, 0.4) is 0 Å². The smallest absolute Gasteiger partial charge is 0.256 e. The molecule has 0 bridgehead atoms. The number of carbonyl (C=O) groups is 1. The van der Waals surface area contributed by atoms with Crippen molar-refractivity contribution in [3.63, 3.8) is 0 Å². The van der Waals surface area contributed by atoms with Crippen molar-refractivity contribution in [3.05, 3.63) is 90.1 Å². The van der Waals surface area contributed by atoms with Gasteiger partial charge in [0.25, 0.3) is 5.91 Å². The summed E-state index contributed by atoms with van der Waals surface area (Å²) >= 11 is 0. The third-order valence-corrected chi connectivity index (χ3v) is 5.82. The second kappa shape index (κ2) is 6.88. The van der Waals surface area contributed by atoms with Crippen LogP contribution < -0.4 is 5.73 Å². The zero-order chi connectivity index (χ0) is 20.8. The Balaban J connectivity index is 1.52. The van der Waals surface area contributed by atoms with E-state index in [0.29, 0.717) is 24.3 Å². The Hall–Kier alpha value is -3.86. The second-order valence-corrected chi connectivity index (χ2v) is 7.73. The maximum atomic E-state index is 13.2. The Morgan fingerprint density at radius 1 is 1.13 bits per heavy atom. The summed E-state index contributed by atoms with van der Waals surface area (Å²) in [6.07, 6.45) is 1.85. The molecule has 0 saturated carbocycles. The number of fused-ring (bicyclic) bond motifs is 2. The first kappa shape index (κ1) is 18.2. The lowest BCUT2D eigenvalue weighted by molar-refractivity contribution is 0.0800. The summed E-state index contributed by atoms with van der Waals surface area (Å²) in [6, 6.07) is 20.0. The van der Waals surface area contributed by atoms with E-state index in [1.54, 1.807) is 0 Å². The molecule has 0 radical (unpaired) electrons. The number of amides is 1. The van der Waals surface area contributed by atoms with Crippen molar-refractivity contribution in [2.75, 3.05) is 12.3 Å². The molecule has 0 aliphatic carbocycles. The molecule has 0 spiro atoms. The molecule has 5 rings (SSSR count). The highest BCUT2D eigenvalue weighted by Gasteiger charge is 2.32. The summed E-state index contributed by atoms with van der Waals surface area (Å²) in [7, 11) is 1.93. The van der Waals surface area contributed by atoms with Crippen LogP contribution in [0.5, 0.6) is 0 Å². The van der Waals surface area contributed by atoms with Crippen molar-refractivity contribution in [1.82, 2.24) is 14.7 Å². The number of nitrogens with zero attached hydrogens (tertiary/aromatic N) is 3. The van der Waals surface area contributed by atoms with Crippen LogP contribution in [0.4, 0.5) is 5.69 Å². The average molecular weight is 394 g/mol. The zero-order valence-corrected chi connectivity index (χ0v) is 16.8. The Kier molecular flexibility index (Phi) is 4.17. The molecule has 0 saturated heterocycles. The van der Waals surface area contributed by atoms with Crippen molar-refractivity contribution in [2.24, 2.45) is 7.05 Å². The Labute approximate surface area is 175 Å². The monoisotopic (exact) mass is 394 g/mol. The van der Waals surface area contributed by atoms with Crippen molar-refractivity contribution in [1.29, 1.82) is 0 Å². The molecule has 4 aromatic rings. The van der Waals surface area contributed by atoms with Crippen LogP contribution in [0.25, 0.3) is 27.6 Å². The van der Waals surface area contributed by atoms with Gasteiger partial charge in [0.2, 0.25) is 0 Å². The lowest BCUT2D eigenvalue weighted by Crippen LogP contribution is -2.25. The number of anilines is 1. The molecule has 0 atom stereocenters. The topological polar surface area (TPSA) is 64.2 Å². The zero-order valence-electron chi connectivity index (χ0n) is 16.8. The van der Waals surface area contributed by atoms with E-state index in [1.807, 2.05) is 65.3 Å². The van der Waals surface area contributed by atoms with Crippen LogP contribution in [0.2, 0.25) is 0 Å². The fourth-order valence-corrected chi connectivity index (χ4v) is 4.21. The molecule has 0 fully saturated rings. The van der Waals surface area contributed by atoms with Crippen LogP contribution in [-0.4, -0.2) is 27.1 Å². The van der Waals surface area contributed by atoms with E-state index in [-0.39, 0.29) is 5.91 Å². The molecule has 1 amide bonds. The predicted octanol–water partition coefficient (Wildman–Crippen LogP) is 4.49. The molecule has 2 heterocycles. The fourth-order valence-electron chi connectivity index (χ4n) is 4.21. The number of hydrogen-bond acceptors (Lipinski definition) is 3. The number of rotatable bonds is 4. The number of benzene rings is 3. The standard InChI is InChI=1S/C25H22N4O/c1-16(17-6-4-3-5-7-17)14-29-15-21-20(10-11-22(26)24(21)25(29)30)18-8-9-19-13-27-28(2)23(19)12-18/h3-13H,1,14-15,26H2,2H3. The maximum absolute atomic E-state index is 13.2. The van der Waals surface area contributed by atoms with Gasteiger partial charge >= 0.3 is 0 Å². The van der Waals surface area contributed by atoms with Gasteiger partial charge in [-0.15, -0.1) is 0 Å². The Morgan fingerprint density at radius 2 is 1.93 bits per heavy atom. The van der Waals surface area contributed by atoms with Crippen LogP contribution in [-0.2, 0) is 13.6 Å². The maximum Gasteiger partial charge on any atom is 0.256 e. The van der Waals surface area contributed by atoms with Crippen LogP contribution in [0.15, 0.2) is 73.4 Å². The number of aryl methyl sites for hydroxylation is 1. The summed E-state index contributed by atoms with van der Waals surface area (Å²) in [5.41, 5.74) is 13.4. The van der Waals surface area contributed by atoms with E-state index in [1.165, 1.54) is 0 Å². The van der Waals surface area contributed by atoms with Gasteiger partial charge in [0, 0.05) is 31.2 Å². The second-order valence-electron chi connectivity index (χ2n) is 7.73. The van der Waals surface area contributed by atoms with Gasteiger partial charge in [-0.1, -0.05) is 55.1 Å². The minimum atomic E-state index is -0.0388. The van der Waals surface area contributed by atoms with E-state index >= 15 is 0 Å². The van der Waals surface area contributed by atoms with Crippen LogP contribution in [0, 0.1) is 0 Å². The van der Waals surface area contributed by atoms with Crippen molar-refractivity contribution in [3.8, 4) is 11.1 Å². The van der Waals surface area contributed by atoms with Gasteiger partial charge < -0.3 is 10.6 Å². The number of nitrogen functional groups attached to an aromatic ring is 1. The Bertz CT molecular complexity index is 1300. The quantitative estimate of drug-likeness (QED) is 0.519. The molecule has 5 heteroatoms.